The Bertz CT molecular complexity index is 556. The molecule has 0 aliphatic carbocycles. The summed E-state index contributed by atoms with van der Waals surface area (Å²) in [5, 5.41) is 6.80. The minimum Gasteiger partial charge on any atom is -0.407 e. The maximum Gasteiger partial charge on any atom is 0.417 e. The minimum absolute atomic E-state index is 0.141. The number of ether oxygens (including phenoxy) is 1. The number of nitrogens with one attached hydrogen (secondary N) is 1. The number of benzene rings is 1. The second-order valence-corrected chi connectivity index (χ2v) is 5.17. The fourth-order valence-corrected chi connectivity index (χ4v) is 1.50. The van der Waals surface area contributed by atoms with Gasteiger partial charge in [0.25, 0.3) is 0 Å². The van der Waals surface area contributed by atoms with Gasteiger partial charge in [0.15, 0.2) is 5.75 Å². The van der Waals surface area contributed by atoms with Crippen molar-refractivity contribution < 1.29 is 9.53 Å². The largest absolute Gasteiger partial charge is 0.417 e. The van der Waals surface area contributed by atoms with Gasteiger partial charge < -0.3 is 4.74 Å². The summed E-state index contributed by atoms with van der Waals surface area (Å²) >= 11 is 0. The molecular weight excluding hydrogens is 242 g/mol. The molecule has 0 spiro atoms. The molecule has 5 heteroatoms. The van der Waals surface area contributed by atoms with Crippen molar-refractivity contribution in [2.45, 2.75) is 26.3 Å². The summed E-state index contributed by atoms with van der Waals surface area (Å²) in [4.78, 5) is 11.7. The molecule has 5 nitrogen and oxygen atoms in total. The minimum atomic E-state index is -0.528. The number of hydrogen-bond acceptors (Lipinski definition) is 3. The molecule has 1 aromatic carbocycles. The molecule has 1 heterocycles. The lowest BCUT2D eigenvalue weighted by atomic mass is 10.1. The van der Waals surface area contributed by atoms with Gasteiger partial charge >= 0.3 is 6.09 Å². The Labute approximate surface area is 112 Å². The van der Waals surface area contributed by atoms with Gasteiger partial charge in [-0.2, -0.15) is 5.10 Å². The highest BCUT2D eigenvalue weighted by molar-refractivity contribution is 5.86. The number of anilines is 1. The molecule has 2 aromatic rings. The molecule has 0 unspecified atom stereocenters. The summed E-state index contributed by atoms with van der Waals surface area (Å²) in [6.45, 7) is 6.06. The van der Waals surface area contributed by atoms with Crippen LogP contribution < -0.4 is 10.1 Å². The molecule has 100 valence electrons. The van der Waals surface area contributed by atoms with E-state index in [1.54, 1.807) is 23.0 Å². The first kappa shape index (κ1) is 13.1. The maximum absolute atomic E-state index is 11.7. The number of carbonyl (C=O) groups excluding carboxylic acids is 1. The number of rotatable bonds is 2. The molecule has 0 atom stereocenters. The third-order valence-corrected chi connectivity index (χ3v) is 2.48. The van der Waals surface area contributed by atoms with Crippen LogP contribution in [0.15, 0.2) is 42.7 Å². The van der Waals surface area contributed by atoms with Crippen molar-refractivity contribution >= 4 is 11.8 Å². The number of para-hydroxylation sites is 1. The molecule has 0 aliphatic heterocycles. The zero-order valence-electron chi connectivity index (χ0n) is 11.3. The average Bonchev–Trinajstić information content (AvgIpc) is 2.78. The molecule has 1 N–H and O–H groups in total. The molecule has 0 bridgehead atoms. The lowest BCUT2D eigenvalue weighted by Crippen LogP contribution is -2.22. The van der Waals surface area contributed by atoms with Crippen molar-refractivity contribution in [1.82, 2.24) is 9.78 Å². The third-order valence-electron chi connectivity index (χ3n) is 2.48. The van der Waals surface area contributed by atoms with Gasteiger partial charge in [0.05, 0.1) is 17.9 Å². The van der Waals surface area contributed by atoms with E-state index in [-0.39, 0.29) is 5.54 Å². The fourth-order valence-electron chi connectivity index (χ4n) is 1.50. The molecule has 0 saturated heterocycles. The summed E-state index contributed by atoms with van der Waals surface area (Å²) in [6, 6.07) is 9.14. The molecular formula is C14H17N3O2. The predicted octanol–water partition coefficient (Wildman–Crippen LogP) is 3.25. The Morgan fingerprint density at radius 2 is 1.95 bits per heavy atom. The summed E-state index contributed by atoms with van der Waals surface area (Å²) < 4.78 is 6.91. The van der Waals surface area contributed by atoms with Crippen LogP contribution in [0.4, 0.5) is 10.5 Å². The second kappa shape index (κ2) is 5.14. The predicted molar refractivity (Wildman–Crippen MR) is 73.3 cm³/mol. The molecule has 1 amide bonds. The Morgan fingerprint density at radius 3 is 2.53 bits per heavy atom. The summed E-state index contributed by atoms with van der Waals surface area (Å²) in [5.41, 5.74) is 0.549. The smallest absolute Gasteiger partial charge is 0.407 e. The van der Waals surface area contributed by atoms with Gasteiger partial charge in [-0.05, 0) is 32.9 Å². The molecule has 0 aliphatic rings. The van der Waals surface area contributed by atoms with Gasteiger partial charge in [0, 0.05) is 5.69 Å². The van der Waals surface area contributed by atoms with Crippen LogP contribution in [0.25, 0.3) is 0 Å². The average molecular weight is 259 g/mol. The first-order valence-electron chi connectivity index (χ1n) is 6.04. The van der Waals surface area contributed by atoms with Crippen LogP contribution >= 0.6 is 0 Å². The van der Waals surface area contributed by atoms with Crippen LogP contribution in [-0.4, -0.2) is 15.9 Å². The Morgan fingerprint density at radius 1 is 1.26 bits per heavy atom. The van der Waals surface area contributed by atoms with Gasteiger partial charge in [0.2, 0.25) is 0 Å². The standard InChI is InChI=1S/C14H17N3O2/c1-14(2,3)17-10-12(9-15-17)19-13(18)16-11-7-5-4-6-8-11/h4-10H,1-3H3,(H,16,18). The van der Waals surface area contributed by atoms with E-state index in [0.29, 0.717) is 11.4 Å². The molecule has 0 saturated carbocycles. The van der Waals surface area contributed by atoms with E-state index >= 15 is 0 Å². The summed E-state index contributed by atoms with van der Waals surface area (Å²) in [6.07, 6.45) is 2.69. The lowest BCUT2D eigenvalue weighted by molar-refractivity contribution is 0.215. The Hall–Kier alpha value is -2.30. The van der Waals surface area contributed by atoms with Crippen LogP contribution in [0, 0.1) is 0 Å². The highest BCUT2D eigenvalue weighted by atomic mass is 16.6. The number of hydrogen-bond donors (Lipinski definition) is 1. The maximum atomic E-state index is 11.7. The highest BCUT2D eigenvalue weighted by Crippen LogP contribution is 2.17. The lowest BCUT2D eigenvalue weighted by Gasteiger charge is -2.18. The van der Waals surface area contributed by atoms with Crippen molar-refractivity contribution in [1.29, 1.82) is 0 Å². The number of nitrogens with zero attached hydrogens (tertiary/aromatic N) is 2. The molecule has 0 radical (unpaired) electrons. The zero-order chi connectivity index (χ0) is 13.9. The highest BCUT2D eigenvalue weighted by Gasteiger charge is 2.15. The number of amides is 1. The van der Waals surface area contributed by atoms with E-state index in [2.05, 4.69) is 10.4 Å². The van der Waals surface area contributed by atoms with Gasteiger partial charge in [-0.1, -0.05) is 18.2 Å². The van der Waals surface area contributed by atoms with Crippen molar-refractivity contribution in [3.05, 3.63) is 42.7 Å². The van der Waals surface area contributed by atoms with E-state index in [1.807, 2.05) is 39.0 Å². The Kier molecular flexibility index (Phi) is 3.55. The molecule has 19 heavy (non-hydrogen) atoms. The summed E-state index contributed by atoms with van der Waals surface area (Å²) in [5.74, 6) is 0.420. The van der Waals surface area contributed by atoms with Gasteiger partial charge in [0.1, 0.15) is 0 Å². The van der Waals surface area contributed by atoms with E-state index in [4.69, 9.17) is 4.74 Å². The van der Waals surface area contributed by atoms with Crippen molar-refractivity contribution in [2.24, 2.45) is 0 Å². The van der Waals surface area contributed by atoms with E-state index in [1.165, 1.54) is 6.20 Å². The van der Waals surface area contributed by atoms with Gasteiger partial charge in [-0.3, -0.25) is 10.00 Å². The van der Waals surface area contributed by atoms with Crippen molar-refractivity contribution in [3.63, 3.8) is 0 Å². The van der Waals surface area contributed by atoms with E-state index in [9.17, 15) is 4.79 Å². The summed E-state index contributed by atoms with van der Waals surface area (Å²) in [7, 11) is 0. The number of aromatic nitrogens is 2. The van der Waals surface area contributed by atoms with Crippen molar-refractivity contribution in [2.75, 3.05) is 5.32 Å². The van der Waals surface area contributed by atoms with Crippen LogP contribution in [0.3, 0.4) is 0 Å². The van der Waals surface area contributed by atoms with Crippen LogP contribution in [0.5, 0.6) is 5.75 Å². The quantitative estimate of drug-likeness (QED) is 0.900. The second-order valence-electron chi connectivity index (χ2n) is 5.17. The first-order valence-corrected chi connectivity index (χ1v) is 6.04. The van der Waals surface area contributed by atoms with Crippen LogP contribution in [0.1, 0.15) is 20.8 Å². The van der Waals surface area contributed by atoms with E-state index < -0.39 is 6.09 Å². The molecule has 1 aromatic heterocycles. The fraction of sp³-hybridized carbons (Fsp3) is 0.286. The third kappa shape index (κ3) is 3.58. The van der Waals surface area contributed by atoms with E-state index in [0.717, 1.165) is 0 Å². The SMILES string of the molecule is CC(C)(C)n1cc(OC(=O)Nc2ccccc2)cn1. The van der Waals surface area contributed by atoms with Gasteiger partial charge in [-0.15, -0.1) is 0 Å². The normalized spacial score (nSPS) is 11.1. The van der Waals surface area contributed by atoms with Crippen LogP contribution in [-0.2, 0) is 5.54 Å². The molecule has 2 rings (SSSR count). The zero-order valence-corrected chi connectivity index (χ0v) is 11.3. The monoisotopic (exact) mass is 259 g/mol. The van der Waals surface area contributed by atoms with Crippen molar-refractivity contribution in [3.8, 4) is 5.75 Å². The van der Waals surface area contributed by atoms with Crippen LogP contribution in [0.2, 0.25) is 0 Å². The van der Waals surface area contributed by atoms with Gasteiger partial charge in [-0.25, -0.2) is 4.79 Å². The first-order chi connectivity index (χ1) is 8.95. The Balaban J connectivity index is 1.98. The molecule has 0 fully saturated rings. The topological polar surface area (TPSA) is 56.1 Å². The number of carbonyl (C=O) groups is 1.